The molecule has 0 radical (unpaired) electrons. The van der Waals surface area contributed by atoms with Gasteiger partial charge in [-0.05, 0) is 53.6 Å². The van der Waals surface area contributed by atoms with E-state index in [-0.39, 0.29) is 39.6 Å². The first kappa shape index (κ1) is 25.2. The molecular formula is C26H22F3N5O4. The van der Waals surface area contributed by atoms with Crippen LogP contribution in [0.3, 0.4) is 0 Å². The topological polar surface area (TPSA) is 120 Å². The van der Waals surface area contributed by atoms with E-state index in [1.54, 1.807) is 29.2 Å². The number of halogens is 3. The number of H-pyrrole nitrogens is 1. The number of benzene rings is 3. The maximum atomic E-state index is 14.1. The van der Waals surface area contributed by atoms with Crippen LogP contribution >= 0.6 is 0 Å². The van der Waals surface area contributed by atoms with E-state index < -0.39 is 17.6 Å². The number of aromatic nitrogens is 2. The largest absolute Gasteiger partial charge is 0.417 e. The van der Waals surface area contributed by atoms with E-state index in [1.165, 1.54) is 35.8 Å². The quantitative estimate of drug-likeness (QED) is 0.224. The standard InChI is InChI=1S/C26H22F3N5O4/c27-26(28,29)20-14-22-21(31-25(32-22)30-18-6-2-4-16(12-18)23(35)33-37)13-19(20)15-3-1-5-17(11-15)24(36)34-7-9-38-10-8-34/h1-6,11-14,37H,7-10H2,(H,33,35)(H2,30,31,32). The number of fused-ring (bicyclic) bond motifs is 1. The predicted octanol–water partition coefficient (Wildman–Crippen LogP) is 4.58. The molecule has 0 unspecified atom stereocenters. The minimum Gasteiger partial charge on any atom is -0.378 e. The molecule has 196 valence electrons. The Bertz CT molecular complexity index is 1510. The molecule has 1 aliphatic heterocycles. The fourth-order valence-corrected chi connectivity index (χ4v) is 4.30. The number of ether oxygens (including phenoxy) is 1. The monoisotopic (exact) mass is 525 g/mol. The van der Waals surface area contributed by atoms with Crippen LogP contribution in [0.5, 0.6) is 0 Å². The number of alkyl halides is 3. The molecule has 9 nitrogen and oxygen atoms in total. The molecule has 3 aromatic carbocycles. The van der Waals surface area contributed by atoms with Gasteiger partial charge in [-0.1, -0.05) is 18.2 Å². The summed E-state index contributed by atoms with van der Waals surface area (Å²) in [4.78, 5) is 33.4. The van der Waals surface area contributed by atoms with Crippen molar-refractivity contribution in [2.75, 3.05) is 31.6 Å². The highest BCUT2D eigenvalue weighted by molar-refractivity contribution is 5.96. The van der Waals surface area contributed by atoms with Crippen LogP contribution < -0.4 is 10.8 Å². The van der Waals surface area contributed by atoms with Gasteiger partial charge in [-0.2, -0.15) is 13.2 Å². The van der Waals surface area contributed by atoms with Crippen LogP contribution in [0.2, 0.25) is 0 Å². The average Bonchev–Trinajstić information content (AvgIpc) is 3.33. The molecule has 0 aliphatic carbocycles. The summed E-state index contributed by atoms with van der Waals surface area (Å²) < 4.78 is 47.6. The molecule has 0 bridgehead atoms. The number of aromatic amines is 1. The first-order valence-corrected chi connectivity index (χ1v) is 11.6. The first-order chi connectivity index (χ1) is 18.2. The van der Waals surface area contributed by atoms with Crippen molar-refractivity contribution in [1.29, 1.82) is 0 Å². The number of amides is 2. The summed E-state index contributed by atoms with van der Waals surface area (Å²) in [6.45, 7) is 1.66. The maximum absolute atomic E-state index is 14.1. The van der Waals surface area contributed by atoms with Gasteiger partial charge in [-0.25, -0.2) is 10.5 Å². The van der Waals surface area contributed by atoms with Crippen molar-refractivity contribution in [3.8, 4) is 11.1 Å². The molecule has 0 spiro atoms. The number of anilines is 2. The zero-order valence-corrected chi connectivity index (χ0v) is 19.8. The minimum absolute atomic E-state index is 0.0772. The SMILES string of the molecule is O=C(NO)c1cccc(Nc2nc3cc(C(F)(F)F)c(-c4cccc(C(=O)N5CCOCC5)c4)cc3[nH]2)c1. The van der Waals surface area contributed by atoms with Gasteiger partial charge in [0.25, 0.3) is 11.8 Å². The zero-order chi connectivity index (χ0) is 26.9. The Morgan fingerprint density at radius 2 is 1.74 bits per heavy atom. The van der Waals surface area contributed by atoms with Crippen molar-refractivity contribution < 1.29 is 32.7 Å². The molecule has 4 N–H and O–H groups in total. The highest BCUT2D eigenvalue weighted by Gasteiger charge is 2.35. The smallest absolute Gasteiger partial charge is 0.378 e. The predicted molar refractivity (Wildman–Crippen MR) is 132 cm³/mol. The number of carbonyl (C=O) groups is 2. The summed E-state index contributed by atoms with van der Waals surface area (Å²) in [6, 6.07) is 14.6. The van der Waals surface area contributed by atoms with Crippen molar-refractivity contribution in [3.05, 3.63) is 77.4 Å². The van der Waals surface area contributed by atoms with E-state index in [2.05, 4.69) is 15.3 Å². The molecule has 38 heavy (non-hydrogen) atoms. The third-order valence-electron chi connectivity index (χ3n) is 6.13. The third kappa shape index (κ3) is 5.17. The van der Waals surface area contributed by atoms with E-state index in [0.29, 0.717) is 37.5 Å². The van der Waals surface area contributed by atoms with Crippen molar-refractivity contribution >= 4 is 34.5 Å². The van der Waals surface area contributed by atoms with Crippen LogP contribution in [-0.2, 0) is 10.9 Å². The summed E-state index contributed by atoms with van der Waals surface area (Å²) in [5.74, 6) is -0.829. The fourth-order valence-electron chi connectivity index (χ4n) is 4.30. The molecule has 12 heteroatoms. The molecule has 5 rings (SSSR count). The number of morpholine rings is 1. The Morgan fingerprint density at radius 1 is 1.00 bits per heavy atom. The molecule has 1 aromatic heterocycles. The number of hydrogen-bond donors (Lipinski definition) is 4. The lowest BCUT2D eigenvalue weighted by atomic mass is 9.96. The van der Waals surface area contributed by atoms with Crippen LogP contribution in [0.1, 0.15) is 26.3 Å². The van der Waals surface area contributed by atoms with Crippen molar-refractivity contribution in [3.63, 3.8) is 0 Å². The van der Waals surface area contributed by atoms with Crippen LogP contribution in [0.15, 0.2) is 60.7 Å². The summed E-state index contributed by atoms with van der Waals surface area (Å²) in [5.41, 5.74) is 2.09. The zero-order valence-electron chi connectivity index (χ0n) is 19.8. The Morgan fingerprint density at radius 3 is 2.47 bits per heavy atom. The molecular weight excluding hydrogens is 503 g/mol. The Labute approximate surface area is 214 Å². The van der Waals surface area contributed by atoms with E-state index >= 15 is 0 Å². The number of carbonyl (C=O) groups excluding carboxylic acids is 2. The van der Waals surface area contributed by atoms with Gasteiger partial charge in [0.2, 0.25) is 5.95 Å². The van der Waals surface area contributed by atoms with E-state index in [4.69, 9.17) is 9.94 Å². The summed E-state index contributed by atoms with van der Waals surface area (Å²) in [7, 11) is 0. The molecule has 4 aromatic rings. The Kier molecular flexibility index (Phi) is 6.74. The molecule has 1 saturated heterocycles. The van der Waals surface area contributed by atoms with Gasteiger partial charge >= 0.3 is 6.18 Å². The van der Waals surface area contributed by atoms with E-state index in [9.17, 15) is 22.8 Å². The van der Waals surface area contributed by atoms with Gasteiger partial charge < -0.3 is 19.9 Å². The second kappa shape index (κ2) is 10.1. The summed E-state index contributed by atoms with van der Waals surface area (Å²) in [5, 5.41) is 11.8. The highest BCUT2D eigenvalue weighted by atomic mass is 19.4. The van der Waals surface area contributed by atoms with Gasteiger partial charge in [0.05, 0.1) is 29.8 Å². The average molecular weight is 525 g/mol. The molecule has 0 saturated carbocycles. The fraction of sp³-hybridized carbons (Fsp3) is 0.192. The Balaban J connectivity index is 1.51. The molecule has 2 heterocycles. The second-order valence-electron chi connectivity index (χ2n) is 8.63. The summed E-state index contributed by atoms with van der Waals surface area (Å²) in [6.07, 6.45) is -4.67. The van der Waals surface area contributed by atoms with Crippen molar-refractivity contribution in [1.82, 2.24) is 20.3 Å². The Hall–Kier alpha value is -4.42. The van der Waals surface area contributed by atoms with Crippen molar-refractivity contribution in [2.45, 2.75) is 6.18 Å². The molecule has 1 aliphatic rings. The number of hydroxylamine groups is 1. The van der Waals surface area contributed by atoms with Crippen LogP contribution in [0.4, 0.5) is 24.8 Å². The van der Waals surface area contributed by atoms with E-state index in [1.807, 2.05) is 0 Å². The number of rotatable bonds is 5. The molecule has 1 fully saturated rings. The van der Waals surface area contributed by atoms with Crippen LogP contribution in [0, 0.1) is 0 Å². The lowest BCUT2D eigenvalue weighted by molar-refractivity contribution is -0.137. The van der Waals surface area contributed by atoms with Gasteiger partial charge in [-0.15, -0.1) is 0 Å². The van der Waals surface area contributed by atoms with Gasteiger partial charge in [0.1, 0.15) is 0 Å². The number of imidazole rings is 1. The van der Waals surface area contributed by atoms with Crippen LogP contribution in [-0.4, -0.2) is 58.2 Å². The van der Waals surface area contributed by atoms with Gasteiger partial charge in [-0.3, -0.25) is 14.8 Å². The van der Waals surface area contributed by atoms with Gasteiger partial charge in [0.15, 0.2) is 0 Å². The number of nitrogens with one attached hydrogen (secondary N) is 3. The lowest BCUT2D eigenvalue weighted by Gasteiger charge is -2.27. The highest BCUT2D eigenvalue weighted by Crippen LogP contribution is 2.39. The third-order valence-corrected chi connectivity index (χ3v) is 6.13. The number of hydrogen-bond acceptors (Lipinski definition) is 6. The number of nitrogens with zero attached hydrogens (tertiary/aromatic N) is 2. The second-order valence-corrected chi connectivity index (χ2v) is 8.63. The lowest BCUT2D eigenvalue weighted by Crippen LogP contribution is -2.40. The normalized spacial score (nSPS) is 13.9. The maximum Gasteiger partial charge on any atom is 0.417 e. The summed E-state index contributed by atoms with van der Waals surface area (Å²) >= 11 is 0. The first-order valence-electron chi connectivity index (χ1n) is 11.6. The minimum atomic E-state index is -4.67. The molecule has 0 atom stereocenters. The molecule has 2 amide bonds. The van der Waals surface area contributed by atoms with Crippen molar-refractivity contribution in [2.24, 2.45) is 0 Å². The van der Waals surface area contributed by atoms with Gasteiger partial charge in [0, 0.05) is 29.9 Å². The van der Waals surface area contributed by atoms with E-state index in [0.717, 1.165) is 6.07 Å². The van der Waals surface area contributed by atoms with Crippen LogP contribution in [0.25, 0.3) is 22.2 Å².